The van der Waals surface area contributed by atoms with Crippen LogP contribution < -0.4 is 0 Å². The quantitative estimate of drug-likeness (QED) is 0.490. The Kier molecular flexibility index (Phi) is 4.41. The van der Waals surface area contributed by atoms with Crippen LogP contribution in [0.15, 0.2) is 58.2 Å². The fourth-order valence-corrected chi connectivity index (χ4v) is 1.59. The maximum Gasteiger partial charge on any atom is 0.365 e. The first-order chi connectivity index (χ1) is 9.15. The minimum atomic E-state index is -0.631. The minimum Gasteiger partial charge on any atom is -0.313 e. The molecule has 0 bridgehead atoms. The first-order valence-electron chi connectivity index (χ1n) is 5.41. The summed E-state index contributed by atoms with van der Waals surface area (Å²) >= 11 is 3.31. The normalized spacial score (nSPS) is 10.6. The van der Waals surface area contributed by atoms with E-state index in [1.807, 2.05) is 24.3 Å². The van der Waals surface area contributed by atoms with Crippen LogP contribution in [-0.4, -0.2) is 12.2 Å². The van der Waals surface area contributed by atoms with Crippen molar-refractivity contribution in [1.82, 2.24) is 0 Å². The maximum atomic E-state index is 12.7. The molecule has 3 nitrogen and oxygen atoms in total. The molecule has 0 fully saturated rings. The van der Waals surface area contributed by atoms with Crippen LogP contribution in [0.25, 0.3) is 0 Å². The van der Waals surface area contributed by atoms with Gasteiger partial charge in [0.05, 0.1) is 11.8 Å². The average molecular weight is 322 g/mol. The second kappa shape index (κ2) is 6.24. The molecular formula is C14H9BrFNO2. The van der Waals surface area contributed by atoms with Crippen molar-refractivity contribution >= 4 is 28.1 Å². The van der Waals surface area contributed by atoms with E-state index in [-0.39, 0.29) is 5.56 Å². The van der Waals surface area contributed by atoms with Crippen molar-refractivity contribution in [2.24, 2.45) is 5.16 Å². The molecule has 0 aliphatic carbocycles. The predicted octanol–water partition coefficient (Wildman–Crippen LogP) is 3.78. The molecular weight excluding hydrogens is 313 g/mol. The highest BCUT2D eigenvalue weighted by molar-refractivity contribution is 9.10. The van der Waals surface area contributed by atoms with E-state index in [9.17, 15) is 9.18 Å². The van der Waals surface area contributed by atoms with Crippen molar-refractivity contribution in [2.45, 2.75) is 0 Å². The third-order valence-corrected chi connectivity index (χ3v) is 2.82. The second-order valence-electron chi connectivity index (χ2n) is 3.67. The first-order valence-corrected chi connectivity index (χ1v) is 6.20. The molecule has 0 aliphatic heterocycles. The lowest BCUT2D eigenvalue weighted by atomic mass is 10.2. The SMILES string of the molecule is O=C(O/N=C/c1ccc(Br)cc1)c1ccc(F)cc1. The summed E-state index contributed by atoms with van der Waals surface area (Å²) in [5.74, 6) is -1.04. The number of rotatable bonds is 3. The molecule has 0 aliphatic rings. The van der Waals surface area contributed by atoms with Crippen LogP contribution in [-0.2, 0) is 4.84 Å². The summed E-state index contributed by atoms with van der Waals surface area (Å²) in [4.78, 5) is 16.2. The molecule has 0 aromatic heterocycles. The van der Waals surface area contributed by atoms with Crippen LogP contribution in [0.3, 0.4) is 0 Å². The standard InChI is InChI=1S/C14H9BrFNO2/c15-12-5-1-10(2-6-12)9-17-19-14(18)11-3-7-13(16)8-4-11/h1-9H/b17-9+. The summed E-state index contributed by atoms with van der Waals surface area (Å²) in [6, 6.07) is 12.4. The van der Waals surface area contributed by atoms with Crippen LogP contribution in [0.2, 0.25) is 0 Å². The van der Waals surface area contributed by atoms with Crippen molar-refractivity contribution in [3.05, 3.63) is 69.9 Å². The molecule has 5 heteroatoms. The summed E-state index contributed by atoms with van der Waals surface area (Å²) in [5.41, 5.74) is 1.05. The van der Waals surface area contributed by atoms with Gasteiger partial charge in [-0.15, -0.1) is 0 Å². The number of carbonyl (C=O) groups is 1. The summed E-state index contributed by atoms with van der Waals surface area (Å²) in [5, 5.41) is 3.59. The molecule has 0 radical (unpaired) electrons. The molecule has 0 spiro atoms. The number of oxime groups is 1. The van der Waals surface area contributed by atoms with Gasteiger partial charge in [-0.1, -0.05) is 33.2 Å². The highest BCUT2D eigenvalue weighted by Gasteiger charge is 2.06. The van der Waals surface area contributed by atoms with Crippen LogP contribution in [0.1, 0.15) is 15.9 Å². The van der Waals surface area contributed by atoms with E-state index >= 15 is 0 Å². The molecule has 0 N–H and O–H groups in total. The zero-order valence-electron chi connectivity index (χ0n) is 9.72. The number of hydrogen-bond acceptors (Lipinski definition) is 3. The topological polar surface area (TPSA) is 38.7 Å². The Morgan fingerprint density at radius 3 is 2.37 bits per heavy atom. The largest absolute Gasteiger partial charge is 0.365 e. The van der Waals surface area contributed by atoms with Crippen LogP contribution in [0.5, 0.6) is 0 Å². The number of hydrogen-bond donors (Lipinski definition) is 0. The van der Waals surface area contributed by atoms with Gasteiger partial charge in [-0.3, -0.25) is 0 Å². The van der Waals surface area contributed by atoms with E-state index in [2.05, 4.69) is 21.1 Å². The van der Waals surface area contributed by atoms with E-state index in [0.29, 0.717) is 0 Å². The molecule has 0 atom stereocenters. The van der Waals surface area contributed by atoms with Crippen molar-refractivity contribution in [1.29, 1.82) is 0 Å². The minimum absolute atomic E-state index is 0.245. The maximum absolute atomic E-state index is 12.7. The highest BCUT2D eigenvalue weighted by Crippen LogP contribution is 2.09. The Morgan fingerprint density at radius 2 is 1.74 bits per heavy atom. The summed E-state index contributed by atoms with van der Waals surface area (Å²) < 4.78 is 13.6. The van der Waals surface area contributed by atoms with E-state index in [0.717, 1.165) is 10.0 Å². The fraction of sp³-hybridized carbons (Fsp3) is 0. The molecule has 0 saturated carbocycles. The van der Waals surface area contributed by atoms with Gasteiger partial charge >= 0.3 is 5.97 Å². The van der Waals surface area contributed by atoms with Crippen LogP contribution >= 0.6 is 15.9 Å². The van der Waals surface area contributed by atoms with E-state index in [4.69, 9.17) is 4.84 Å². The third kappa shape index (κ3) is 3.99. The molecule has 0 heterocycles. The molecule has 96 valence electrons. The zero-order valence-corrected chi connectivity index (χ0v) is 11.3. The van der Waals surface area contributed by atoms with Gasteiger partial charge in [0.1, 0.15) is 5.82 Å². The van der Waals surface area contributed by atoms with Gasteiger partial charge in [0, 0.05) is 4.47 Å². The van der Waals surface area contributed by atoms with Gasteiger partial charge in [-0.05, 0) is 42.0 Å². The monoisotopic (exact) mass is 321 g/mol. The number of carbonyl (C=O) groups excluding carboxylic acids is 1. The van der Waals surface area contributed by atoms with E-state index in [1.165, 1.54) is 30.5 Å². The van der Waals surface area contributed by atoms with Gasteiger partial charge in [-0.2, -0.15) is 0 Å². The number of nitrogens with zero attached hydrogens (tertiary/aromatic N) is 1. The predicted molar refractivity (Wildman–Crippen MR) is 73.6 cm³/mol. The Morgan fingerprint density at radius 1 is 1.11 bits per heavy atom. The van der Waals surface area contributed by atoms with Crippen molar-refractivity contribution in [3.63, 3.8) is 0 Å². The molecule has 2 aromatic carbocycles. The summed E-state index contributed by atoms with van der Waals surface area (Å²) in [7, 11) is 0. The zero-order chi connectivity index (χ0) is 13.7. The van der Waals surface area contributed by atoms with Crippen LogP contribution in [0.4, 0.5) is 4.39 Å². The van der Waals surface area contributed by atoms with E-state index in [1.54, 1.807) is 0 Å². The van der Waals surface area contributed by atoms with Gasteiger partial charge in [0.2, 0.25) is 0 Å². The molecule has 0 unspecified atom stereocenters. The van der Waals surface area contributed by atoms with Crippen molar-refractivity contribution in [3.8, 4) is 0 Å². The lowest BCUT2D eigenvalue weighted by Crippen LogP contribution is -2.00. The lowest BCUT2D eigenvalue weighted by Gasteiger charge is -1.97. The smallest absolute Gasteiger partial charge is 0.313 e. The fourth-order valence-electron chi connectivity index (χ4n) is 1.32. The third-order valence-electron chi connectivity index (χ3n) is 2.29. The molecule has 2 aromatic rings. The van der Waals surface area contributed by atoms with E-state index < -0.39 is 11.8 Å². The number of halogens is 2. The lowest BCUT2D eigenvalue weighted by molar-refractivity contribution is 0.0519. The van der Waals surface area contributed by atoms with Gasteiger partial charge in [-0.25, -0.2) is 9.18 Å². The Hall–Kier alpha value is -2.01. The highest BCUT2D eigenvalue weighted by atomic mass is 79.9. The van der Waals surface area contributed by atoms with Crippen molar-refractivity contribution in [2.75, 3.05) is 0 Å². The Labute approximate surface area is 117 Å². The molecule has 2 rings (SSSR count). The molecule has 0 saturated heterocycles. The summed E-state index contributed by atoms with van der Waals surface area (Å²) in [6.07, 6.45) is 1.42. The Bertz CT molecular complexity index is 594. The van der Waals surface area contributed by atoms with Crippen molar-refractivity contribution < 1.29 is 14.0 Å². The summed E-state index contributed by atoms with van der Waals surface area (Å²) in [6.45, 7) is 0. The second-order valence-corrected chi connectivity index (χ2v) is 4.59. The van der Waals surface area contributed by atoms with Gasteiger partial charge in [0.15, 0.2) is 0 Å². The number of benzene rings is 2. The first kappa shape index (κ1) is 13.4. The Balaban J connectivity index is 1.96. The molecule has 19 heavy (non-hydrogen) atoms. The van der Waals surface area contributed by atoms with Crippen LogP contribution in [0, 0.1) is 5.82 Å². The van der Waals surface area contributed by atoms with Gasteiger partial charge in [0.25, 0.3) is 0 Å². The average Bonchev–Trinajstić information content (AvgIpc) is 2.41. The van der Waals surface area contributed by atoms with Gasteiger partial charge < -0.3 is 4.84 Å². The molecule has 0 amide bonds.